The van der Waals surface area contributed by atoms with Gasteiger partial charge in [0.15, 0.2) is 0 Å². The zero-order valence-corrected chi connectivity index (χ0v) is 19.0. The number of hydroxylamine groups is 2. The van der Waals surface area contributed by atoms with Crippen LogP contribution >= 0.6 is 0 Å². The topological polar surface area (TPSA) is 63.5 Å². The maximum absolute atomic E-state index is 11.4. The third kappa shape index (κ3) is 5.40. The van der Waals surface area contributed by atoms with Gasteiger partial charge in [0.05, 0.1) is 29.3 Å². The molecule has 0 amide bonds. The molecule has 0 aliphatic carbocycles. The molecule has 3 rings (SSSR count). The van der Waals surface area contributed by atoms with Crippen LogP contribution in [0.5, 0.6) is 0 Å². The lowest BCUT2D eigenvalue weighted by Crippen LogP contribution is -2.67. The fourth-order valence-corrected chi connectivity index (χ4v) is 5.19. The number of aliphatic imine (C=N–C) groups is 1. The van der Waals surface area contributed by atoms with E-state index >= 15 is 0 Å². The van der Waals surface area contributed by atoms with Crippen molar-refractivity contribution in [3.63, 3.8) is 0 Å². The highest BCUT2D eigenvalue weighted by molar-refractivity contribution is 5.84. The first-order valence-electron chi connectivity index (χ1n) is 11.7. The Bertz CT molecular complexity index is 523. The monoisotopic (exact) mass is 410 g/mol. The van der Waals surface area contributed by atoms with Gasteiger partial charge in [-0.3, -0.25) is 4.99 Å². The molecule has 0 aromatic heterocycles. The second-order valence-electron chi connectivity index (χ2n) is 9.81. The third-order valence-corrected chi connectivity index (χ3v) is 7.48. The number of rotatable bonds is 7. The Balaban J connectivity index is 1.75. The summed E-state index contributed by atoms with van der Waals surface area (Å²) in [6, 6.07) is 0.253. The first-order chi connectivity index (χ1) is 13.8. The number of nitrogens with zero attached hydrogens (tertiary/aromatic N) is 2. The quantitative estimate of drug-likeness (QED) is 0.631. The van der Waals surface area contributed by atoms with Crippen molar-refractivity contribution in [3.8, 4) is 0 Å². The molecule has 3 saturated heterocycles. The second kappa shape index (κ2) is 9.73. The molecule has 0 saturated carbocycles. The van der Waals surface area contributed by atoms with Crippen LogP contribution in [0.3, 0.4) is 0 Å². The highest BCUT2D eigenvalue weighted by atomic mass is 16.5. The van der Waals surface area contributed by atoms with Crippen LogP contribution in [-0.4, -0.2) is 71.7 Å². The van der Waals surface area contributed by atoms with Gasteiger partial charge in [0.1, 0.15) is 0 Å². The lowest BCUT2D eigenvalue weighted by atomic mass is 9.69. The molecule has 6 nitrogen and oxygen atoms in total. The van der Waals surface area contributed by atoms with Crippen molar-refractivity contribution in [1.82, 2.24) is 5.06 Å². The maximum Gasteiger partial charge on any atom is 0.0624 e. The van der Waals surface area contributed by atoms with Gasteiger partial charge in [-0.25, -0.2) is 0 Å². The average molecular weight is 411 g/mol. The number of hydrogen-bond donors (Lipinski definition) is 1. The van der Waals surface area contributed by atoms with Crippen LogP contribution < -0.4 is 0 Å². The van der Waals surface area contributed by atoms with Crippen LogP contribution in [0.25, 0.3) is 0 Å². The predicted octanol–water partition coefficient (Wildman–Crippen LogP) is 4.38. The molecule has 2 spiro atoms. The van der Waals surface area contributed by atoms with E-state index in [1.54, 1.807) is 5.06 Å². The lowest BCUT2D eigenvalue weighted by molar-refractivity contribution is -0.293. The molecule has 168 valence electrons. The van der Waals surface area contributed by atoms with Crippen LogP contribution in [0.15, 0.2) is 4.99 Å². The van der Waals surface area contributed by atoms with Crippen LogP contribution in [0, 0.1) is 0 Å². The van der Waals surface area contributed by atoms with E-state index in [-0.39, 0.29) is 22.7 Å². The summed E-state index contributed by atoms with van der Waals surface area (Å²) < 4.78 is 17.4. The minimum atomic E-state index is -0.207. The Kier molecular flexibility index (Phi) is 7.77. The molecule has 0 radical (unpaired) electrons. The van der Waals surface area contributed by atoms with Crippen molar-refractivity contribution < 1.29 is 19.4 Å². The second-order valence-corrected chi connectivity index (χ2v) is 9.81. The fraction of sp³-hybridized carbons (Fsp3) is 0.957. The Morgan fingerprint density at radius 3 is 2.00 bits per heavy atom. The highest BCUT2D eigenvalue weighted by Gasteiger charge is 2.55. The van der Waals surface area contributed by atoms with Gasteiger partial charge < -0.3 is 19.4 Å². The predicted molar refractivity (Wildman–Crippen MR) is 115 cm³/mol. The van der Waals surface area contributed by atoms with Gasteiger partial charge in [-0.05, 0) is 65.2 Å². The van der Waals surface area contributed by atoms with E-state index < -0.39 is 0 Å². The third-order valence-electron chi connectivity index (χ3n) is 7.48. The zero-order chi connectivity index (χ0) is 21.0. The molecule has 0 unspecified atom stereocenters. The van der Waals surface area contributed by atoms with Crippen molar-refractivity contribution >= 4 is 5.71 Å². The van der Waals surface area contributed by atoms with Crippen LogP contribution in [-0.2, 0) is 14.2 Å². The Morgan fingerprint density at radius 1 is 1.03 bits per heavy atom. The van der Waals surface area contributed by atoms with Crippen LogP contribution in [0.1, 0.15) is 85.5 Å². The summed E-state index contributed by atoms with van der Waals surface area (Å²) >= 11 is 0. The average Bonchev–Trinajstić information content (AvgIpc) is 2.72. The number of piperidine rings is 1. The molecule has 3 fully saturated rings. The van der Waals surface area contributed by atoms with E-state index in [0.717, 1.165) is 90.8 Å². The van der Waals surface area contributed by atoms with Gasteiger partial charge in [0.25, 0.3) is 0 Å². The first kappa shape index (κ1) is 23.1. The SMILES string of the molecule is CCC(CCOC(C)(C)CC)=NC1CC2(CCOCC2)N(O)C2(CCOCC2)C1. The van der Waals surface area contributed by atoms with E-state index in [9.17, 15) is 5.21 Å². The molecule has 3 heterocycles. The standard InChI is InChI=1S/C23H42N2O4/c1-5-19(7-12-29-21(3,4)6-2)24-20-17-22(8-13-27-14-9-22)25(26)23(18-20)10-15-28-16-11-23/h20,26H,5-18H2,1-4H3. The zero-order valence-electron chi connectivity index (χ0n) is 19.0. The minimum Gasteiger partial charge on any atom is -0.381 e. The van der Waals surface area contributed by atoms with Gasteiger partial charge in [-0.15, -0.1) is 0 Å². The molecular formula is C23H42N2O4. The molecular weight excluding hydrogens is 368 g/mol. The Hall–Kier alpha value is -0.530. The smallest absolute Gasteiger partial charge is 0.0624 e. The molecule has 6 heteroatoms. The number of hydrogen-bond acceptors (Lipinski definition) is 6. The molecule has 3 aliphatic rings. The van der Waals surface area contributed by atoms with E-state index in [1.807, 2.05) is 0 Å². The van der Waals surface area contributed by atoms with Gasteiger partial charge >= 0.3 is 0 Å². The maximum atomic E-state index is 11.4. The fourth-order valence-electron chi connectivity index (χ4n) is 5.19. The molecule has 29 heavy (non-hydrogen) atoms. The Morgan fingerprint density at radius 2 is 1.55 bits per heavy atom. The molecule has 0 atom stereocenters. The van der Waals surface area contributed by atoms with Crippen LogP contribution in [0.2, 0.25) is 0 Å². The van der Waals surface area contributed by atoms with Crippen molar-refractivity contribution in [2.24, 2.45) is 4.99 Å². The summed E-state index contributed by atoms with van der Waals surface area (Å²) in [4.78, 5) is 5.25. The van der Waals surface area contributed by atoms with Crippen molar-refractivity contribution in [1.29, 1.82) is 0 Å². The minimum absolute atomic E-state index is 0.0700. The van der Waals surface area contributed by atoms with E-state index in [2.05, 4.69) is 27.7 Å². The van der Waals surface area contributed by atoms with E-state index in [1.165, 1.54) is 5.71 Å². The Labute approximate surface area is 176 Å². The van der Waals surface area contributed by atoms with Gasteiger partial charge in [-0.1, -0.05) is 13.8 Å². The molecule has 0 bridgehead atoms. The van der Waals surface area contributed by atoms with E-state index in [0.29, 0.717) is 0 Å². The highest BCUT2D eigenvalue weighted by Crippen LogP contribution is 2.47. The van der Waals surface area contributed by atoms with Crippen molar-refractivity contribution in [2.75, 3.05) is 33.0 Å². The van der Waals surface area contributed by atoms with Crippen LogP contribution in [0.4, 0.5) is 0 Å². The molecule has 1 N–H and O–H groups in total. The van der Waals surface area contributed by atoms with E-state index in [4.69, 9.17) is 19.2 Å². The molecule has 0 aromatic rings. The lowest BCUT2D eigenvalue weighted by Gasteiger charge is -2.58. The normalized spacial score (nSPS) is 28.2. The number of ether oxygens (including phenoxy) is 3. The molecule has 3 aliphatic heterocycles. The van der Waals surface area contributed by atoms with Gasteiger partial charge in [0.2, 0.25) is 0 Å². The largest absolute Gasteiger partial charge is 0.381 e. The van der Waals surface area contributed by atoms with Crippen molar-refractivity contribution in [3.05, 3.63) is 0 Å². The summed E-state index contributed by atoms with van der Waals surface area (Å²) in [6.07, 6.45) is 8.23. The molecule has 0 aromatic carbocycles. The summed E-state index contributed by atoms with van der Waals surface area (Å²) in [5, 5.41) is 13.1. The summed E-state index contributed by atoms with van der Waals surface area (Å²) in [6.45, 7) is 12.3. The summed E-state index contributed by atoms with van der Waals surface area (Å²) in [5.74, 6) is 0. The van der Waals surface area contributed by atoms with Gasteiger partial charge in [0, 0.05) is 38.6 Å². The summed E-state index contributed by atoms with van der Waals surface area (Å²) in [7, 11) is 0. The summed E-state index contributed by atoms with van der Waals surface area (Å²) in [5.41, 5.74) is 0.764. The first-order valence-corrected chi connectivity index (χ1v) is 11.7. The van der Waals surface area contributed by atoms with Crippen molar-refractivity contribution in [2.45, 2.75) is 108 Å². The van der Waals surface area contributed by atoms with Gasteiger partial charge in [-0.2, -0.15) is 5.06 Å².